The maximum Gasteiger partial charge on any atom is 0.134 e. The molecule has 2 aromatic rings. The van der Waals surface area contributed by atoms with Gasteiger partial charge in [0.15, 0.2) is 0 Å². The van der Waals surface area contributed by atoms with E-state index in [-0.39, 0.29) is 0 Å². The van der Waals surface area contributed by atoms with Gasteiger partial charge in [-0.3, -0.25) is 0 Å². The molecule has 0 unspecified atom stereocenters. The summed E-state index contributed by atoms with van der Waals surface area (Å²) in [6.45, 7) is 5.04. The molecule has 2 heterocycles. The van der Waals surface area contributed by atoms with Gasteiger partial charge >= 0.3 is 0 Å². The van der Waals surface area contributed by atoms with E-state index in [2.05, 4.69) is 51.4 Å². The van der Waals surface area contributed by atoms with Gasteiger partial charge in [0.25, 0.3) is 0 Å². The second-order valence-electron chi connectivity index (χ2n) is 5.13. The van der Waals surface area contributed by atoms with E-state index in [1.807, 2.05) is 6.07 Å². The van der Waals surface area contributed by atoms with Crippen molar-refractivity contribution in [3.63, 3.8) is 0 Å². The van der Waals surface area contributed by atoms with Crippen molar-refractivity contribution < 1.29 is 0 Å². The lowest BCUT2D eigenvalue weighted by molar-refractivity contribution is 0.719. The van der Waals surface area contributed by atoms with E-state index >= 15 is 0 Å². The molecule has 1 aliphatic heterocycles. The number of benzene rings is 1. The number of aromatic nitrogens is 2. The van der Waals surface area contributed by atoms with E-state index < -0.39 is 0 Å². The molecule has 0 radical (unpaired) electrons. The lowest BCUT2D eigenvalue weighted by Crippen LogP contribution is -2.31. The Morgan fingerprint density at radius 3 is 2.90 bits per heavy atom. The molecule has 1 aromatic heterocycles. The highest BCUT2D eigenvalue weighted by atomic mass is 15.2. The molecule has 0 spiro atoms. The summed E-state index contributed by atoms with van der Waals surface area (Å²) in [6.07, 6.45) is 3.82. The van der Waals surface area contributed by atoms with Gasteiger partial charge in [0.1, 0.15) is 18.0 Å². The molecule has 4 heteroatoms. The van der Waals surface area contributed by atoms with Crippen molar-refractivity contribution in [3.8, 4) is 0 Å². The third kappa shape index (κ3) is 2.74. The van der Waals surface area contributed by atoms with Crippen LogP contribution in [0.15, 0.2) is 36.7 Å². The second kappa shape index (κ2) is 5.90. The van der Waals surface area contributed by atoms with Crippen molar-refractivity contribution in [2.45, 2.75) is 26.3 Å². The highest BCUT2D eigenvalue weighted by Crippen LogP contribution is 2.23. The number of fused-ring (bicyclic) bond motifs is 1. The van der Waals surface area contributed by atoms with Crippen molar-refractivity contribution in [1.29, 1.82) is 0 Å². The highest BCUT2D eigenvalue weighted by Gasteiger charge is 2.17. The molecule has 0 aliphatic carbocycles. The maximum absolute atomic E-state index is 4.42. The molecule has 0 saturated carbocycles. The Bertz CT molecular complexity index is 582. The van der Waals surface area contributed by atoms with Crippen molar-refractivity contribution in [1.82, 2.24) is 9.97 Å². The van der Waals surface area contributed by atoms with E-state index in [0.717, 1.165) is 44.1 Å². The molecular weight excluding hydrogens is 248 g/mol. The van der Waals surface area contributed by atoms with Gasteiger partial charge in [0.2, 0.25) is 0 Å². The van der Waals surface area contributed by atoms with E-state index in [1.165, 1.54) is 11.1 Å². The SMILES string of the molecule is CCCNc1cc(N2CCc3ccccc3C2)ncn1. The van der Waals surface area contributed by atoms with Crippen LogP contribution in [0.1, 0.15) is 24.5 Å². The molecule has 3 rings (SSSR count). The molecule has 0 bridgehead atoms. The quantitative estimate of drug-likeness (QED) is 0.925. The number of hydrogen-bond donors (Lipinski definition) is 1. The molecular formula is C16H20N4. The number of rotatable bonds is 4. The monoisotopic (exact) mass is 268 g/mol. The molecule has 1 N–H and O–H groups in total. The number of hydrogen-bond acceptors (Lipinski definition) is 4. The fourth-order valence-corrected chi connectivity index (χ4v) is 2.56. The Kier molecular flexibility index (Phi) is 3.81. The highest BCUT2D eigenvalue weighted by molar-refractivity contribution is 5.50. The summed E-state index contributed by atoms with van der Waals surface area (Å²) in [5.74, 6) is 1.92. The molecule has 1 aromatic carbocycles. The summed E-state index contributed by atoms with van der Waals surface area (Å²) in [4.78, 5) is 11.0. The lowest BCUT2D eigenvalue weighted by Gasteiger charge is -2.29. The van der Waals surface area contributed by atoms with E-state index in [4.69, 9.17) is 0 Å². The van der Waals surface area contributed by atoms with Gasteiger partial charge in [0.05, 0.1) is 0 Å². The predicted octanol–water partition coefficient (Wildman–Crippen LogP) is 2.86. The Balaban J connectivity index is 1.77. The molecule has 0 fully saturated rings. The average Bonchev–Trinajstić information content (AvgIpc) is 2.53. The van der Waals surface area contributed by atoms with Gasteiger partial charge in [-0.25, -0.2) is 9.97 Å². The summed E-state index contributed by atoms with van der Waals surface area (Å²) in [7, 11) is 0. The normalized spacial score (nSPS) is 13.9. The summed E-state index contributed by atoms with van der Waals surface area (Å²) >= 11 is 0. The van der Waals surface area contributed by atoms with Crippen molar-refractivity contribution in [2.24, 2.45) is 0 Å². The van der Waals surface area contributed by atoms with Crippen LogP contribution in [-0.2, 0) is 13.0 Å². The first-order valence-electron chi connectivity index (χ1n) is 7.24. The van der Waals surface area contributed by atoms with Crippen LogP contribution in [0.5, 0.6) is 0 Å². The van der Waals surface area contributed by atoms with Crippen LogP contribution in [0.3, 0.4) is 0 Å². The molecule has 0 amide bonds. The molecule has 1 aliphatic rings. The minimum atomic E-state index is 0.913. The largest absolute Gasteiger partial charge is 0.370 e. The standard InChI is InChI=1S/C16H20N4/c1-2-8-17-15-10-16(19-12-18-15)20-9-7-13-5-3-4-6-14(13)11-20/h3-6,10,12H,2,7-9,11H2,1H3,(H,17,18,19). The molecule has 0 saturated heterocycles. The van der Waals surface area contributed by atoms with Crippen LogP contribution in [-0.4, -0.2) is 23.1 Å². The van der Waals surface area contributed by atoms with E-state index in [1.54, 1.807) is 6.33 Å². The molecule has 4 nitrogen and oxygen atoms in total. The first-order chi connectivity index (χ1) is 9.86. The Morgan fingerprint density at radius 2 is 2.05 bits per heavy atom. The predicted molar refractivity (Wildman–Crippen MR) is 82.0 cm³/mol. The van der Waals surface area contributed by atoms with Crippen molar-refractivity contribution in [2.75, 3.05) is 23.3 Å². The van der Waals surface area contributed by atoms with Crippen molar-refractivity contribution >= 4 is 11.6 Å². The average molecular weight is 268 g/mol. The summed E-state index contributed by atoms with van der Waals surface area (Å²) in [5, 5.41) is 3.32. The molecule has 20 heavy (non-hydrogen) atoms. The zero-order valence-corrected chi connectivity index (χ0v) is 11.8. The first kappa shape index (κ1) is 12.9. The maximum atomic E-state index is 4.42. The summed E-state index contributed by atoms with van der Waals surface area (Å²) < 4.78 is 0. The molecule has 0 atom stereocenters. The lowest BCUT2D eigenvalue weighted by atomic mass is 10.00. The third-order valence-electron chi connectivity index (χ3n) is 3.66. The van der Waals surface area contributed by atoms with Gasteiger partial charge in [-0.2, -0.15) is 0 Å². The van der Waals surface area contributed by atoms with Crippen molar-refractivity contribution in [3.05, 3.63) is 47.8 Å². The fourth-order valence-electron chi connectivity index (χ4n) is 2.56. The van der Waals surface area contributed by atoms with Crippen LogP contribution < -0.4 is 10.2 Å². The van der Waals surface area contributed by atoms with Crippen LogP contribution in [0, 0.1) is 0 Å². The smallest absolute Gasteiger partial charge is 0.134 e. The van der Waals surface area contributed by atoms with Gasteiger partial charge in [-0.05, 0) is 24.0 Å². The zero-order chi connectivity index (χ0) is 13.8. The van der Waals surface area contributed by atoms with E-state index in [9.17, 15) is 0 Å². The zero-order valence-electron chi connectivity index (χ0n) is 11.8. The van der Waals surface area contributed by atoms with E-state index in [0.29, 0.717) is 0 Å². The number of nitrogens with one attached hydrogen (secondary N) is 1. The second-order valence-corrected chi connectivity index (χ2v) is 5.13. The minimum absolute atomic E-state index is 0.913. The molecule has 104 valence electrons. The third-order valence-corrected chi connectivity index (χ3v) is 3.66. The van der Waals surface area contributed by atoms with Gasteiger partial charge in [-0.15, -0.1) is 0 Å². The minimum Gasteiger partial charge on any atom is -0.370 e. The van der Waals surface area contributed by atoms with Crippen LogP contribution in [0.2, 0.25) is 0 Å². The summed E-state index contributed by atoms with van der Waals surface area (Å²) in [6, 6.07) is 10.7. The Labute approximate surface area is 119 Å². The first-order valence-corrected chi connectivity index (χ1v) is 7.24. The van der Waals surface area contributed by atoms with Crippen LogP contribution in [0.25, 0.3) is 0 Å². The fraction of sp³-hybridized carbons (Fsp3) is 0.375. The topological polar surface area (TPSA) is 41.0 Å². The van der Waals surface area contributed by atoms with Gasteiger partial charge < -0.3 is 10.2 Å². The van der Waals surface area contributed by atoms with Gasteiger partial charge in [0, 0.05) is 25.7 Å². The Hall–Kier alpha value is -2.10. The Morgan fingerprint density at radius 1 is 1.20 bits per heavy atom. The number of nitrogens with zero attached hydrogens (tertiary/aromatic N) is 3. The van der Waals surface area contributed by atoms with Crippen LogP contribution >= 0.6 is 0 Å². The van der Waals surface area contributed by atoms with Crippen LogP contribution in [0.4, 0.5) is 11.6 Å². The number of anilines is 2. The van der Waals surface area contributed by atoms with Gasteiger partial charge in [-0.1, -0.05) is 31.2 Å². The summed E-state index contributed by atoms with van der Waals surface area (Å²) in [5.41, 5.74) is 2.86.